The Morgan fingerprint density at radius 2 is 1.66 bits per heavy atom. The molecule has 160 valence electrons. The first-order chi connectivity index (χ1) is 13.9. The fraction of sp³-hybridized carbons (Fsp3) is 0.652. The van der Waals surface area contributed by atoms with Gasteiger partial charge in [0.05, 0.1) is 14.2 Å². The van der Waals surface area contributed by atoms with Crippen molar-refractivity contribution in [2.24, 2.45) is 11.3 Å². The molecular formula is C23H34N2O4. The fourth-order valence-electron chi connectivity index (χ4n) is 4.43. The highest BCUT2D eigenvalue weighted by Gasteiger charge is 2.38. The molecule has 0 aromatic heterocycles. The number of carbonyl (C=O) groups is 2. The summed E-state index contributed by atoms with van der Waals surface area (Å²) in [7, 11) is 3.22. The van der Waals surface area contributed by atoms with Gasteiger partial charge in [-0.2, -0.15) is 0 Å². The highest BCUT2D eigenvalue weighted by Crippen LogP contribution is 2.33. The number of benzene rings is 1. The average molecular weight is 403 g/mol. The monoisotopic (exact) mass is 402 g/mol. The smallest absolute Gasteiger partial charge is 0.226 e. The van der Waals surface area contributed by atoms with Crippen LogP contribution in [-0.2, 0) is 16.1 Å². The molecule has 3 rings (SSSR count). The van der Waals surface area contributed by atoms with Crippen LogP contribution < -0.4 is 14.8 Å². The van der Waals surface area contributed by atoms with E-state index >= 15 is 0 Å². The van der Waals surface area contributed by atoms with Crippen molar-refractivity contribution in [3.63, 3.8) is 0 Å². The normalized spacial score (nSPS) is 19.1. The number of likely N-dealkylation sites (tertiary alicyclic amines) is 1. The Bertz CT molecular complexity index is 697. The van der Waals surface area contributed by atoms with Crippen LogP contribution in [0.25, 0.3) is 0 Å². The van der Waals surface area contributed by atoms with E-state index in [0.29, 0.717) is 56.3 Å². The number of methoxy groups -OCH3 is 2. The standard InChI is InChI=1S/C23H34N2O4/c1-23(8-10-25(11-9-23)21(26)14-17-6-4-5-7-17)22(27)24-16-18-12-19(28-2)15-20(13-18)29-3/h12-13,15,17H,4-11,14,16H2,1-3H3,(H,24,27). The van der Waals surface area contributed by atoms with E-state index in [0.717, 1.165) is 5.56 Å². The van der Waals surface area contributed by atoms with E-state index in [9.17, 15) is 9.59 Å². The summed E-state index contributed by atoms with van der Waals surface area (Å²) in [4.78, 5) is 27.4. The summed E-state index contributed by atoms with van der Waals surface area (Å²) in [5.41, 5.74) is 0.495. The van der Waals surface area contributed by atoms with Crippen molar-refractivity contribution in [2.75, 3.05) is 27.3 Å². The number of ether oxygens (including phenoxy) is 2. The number of carbonyl (C=O) groups excluding carboxylic acids is 2. The van der Waals surface area contributed by atoms with E-state index in [1.54, 1.807) is 14.2 Å². The van der Waals surface area contributed by atoms with E-state index in [1.807, 2.05) is 30.0 Å². The van der Waals surface area contributed by atoms with Gasteiger partial charge in [-0.15, -0.1) is 0 Å². The summed E-state index contributed by atoms with van der Waals surface area (Å²) < 4.78 is 10.6. The minimum Gasteiger partial charge on any atom is -0.497 e. The number of hydrogen-bond acceptors (Lipinski definition) is 4. The van der Waals surface area contributed by atoms with Crippen LogP contribution in [0.15, 0.2) is 18.2 Å². The van der Waals surface area contributed by atoms with Crippen molar-refractivity contribution in [1.29, 1.82) is 0 Å². The van der Waals surface area contributed by atoms with Gasteiger partial charge in [-0.05, 0) is 49.3 Å². The molecular weight excluding hydrogens is 368 g/mol. The topological polar surface area (TPSA) is 67.9 Å². The summed E-state index contributed by atoms with van der Waals surface area (Å²) in [6, 6.07) is 5.61. The molecule has 1 N–H and O–H groups in total. The van der Waals surface area contributed by atoms with Gasteiger partial charge in [0.2, 0.25) is 11.8 Å². The molecule has 1 saturated carbocycles. The van der Waals surface area contributed by atoms with Gasteiger partial charge < -0.3 is 19.7 Å². The third-order valence-electron chi connectivity index (χ3n) is 6.57. The maximum atomic E-state index is 12.9. The Morgan fingerprint density at radius 1 is 1.07 bits per heavy atom. The molecule has 6 heteroatoms. The molecule has 1 aliphatic heterocycles. The first kappa shape index (κ1) is 21.5. The van der Waals surface area contributed by atoms with Crippen molar-refractivity contribution >= 4 is 11.8 Å². The maximum absolute atomic E-state index is 12.9. The molecule has 0 spiro atoms. The van der Waals surface area contributed by atoms with Gasteiger partial charge in [0, 0.05) is 37.5 Å². The number of hydrogen-bond donors (Lipinski definition) is 1. The molecule has 0 unspecified atom stereocenters. The van der Waals surface area contributed by atoms with Crippen LogP contribution in [0.4, 0.5) is 0 Å². The van der Waals surface area contributed by atoms with Gasteiger partial charge in [-0.3, -0.25) is 9.59 Å². The molecule has 1 heterocycles. The van der Waals surface area contributed by atoms with Gasteiger partial charge in [0.1, 0.15) is 11.5 Å². The van der Waals surface area contributed by atoms with Gasteiger partial charge >= 0.3 is 0 Å². The number of amides is 2. The molecule has 0 atom stereocenters. The lowest BCUT2D eigenvalue weighted by molar-refractivity contribution is -0.140. The van der Waals surface area contributed by atoms with Crippen molar-refractivity contribution in [1.82, 2.24) is 10.2 Å². The zero-order valence-corrected chi connectivity index (χ0v) is 18.0. The first-order valence-electron chi connectivity index (χ1n) is 10.7. The lowest BCUT2D eigenvalue weighted by atomic mass is 9.79. The Labute approximate surface area is 173 Å². The van der Waals surface area contributed by atoms with E-state index in [-0.39, 0.29) is 11.8 Å². The van der Waals surface area contributed by atoms with Crippen molar-refractivity contribution in [3.05, 3.63) is 23.8 Å². The minimum absolute atomic E-state index is 0.0437. The summed E-state index contributed by atoms with van der Waals surface area (Å²) in [5, 5.41) is 3.06. The minimum atomic E-state index is -0.437. The lowest BCUT2D eigenvalue weighted by Crippen LogP contribution is -2.48. The van der Waals surface area contributed by atoms with Crippen LogP contribution in [0.3, 0.4) is 0 Å². The molecule has 29 heavy (non-hydrogen) atoms. The second-order valence-electron chi connectivity index (χ2n) is 8.70. The Balaban J connectivity index is 1.50. The predicted octanol–water partition coefficient (Wildman–Crippen LogP) is 3.53. The van der Waals surface area contributed by atoms with Gasteiger partial charge in [0.15, 0.2) is 0 Å². The third kappa shape index (κ3) is 5.43. The van der Waals surface area contributed by atoms with E-state index in [2.05, 4.69) is 5.32 Å². The van der Waals surface area contributed by atoms with Crippen LogP contribution in [0.5, 0.6) is 11.5 Å². The van der Waals surface area contributed by atoms with Gasteiger partial charge in [-0.25, -0.2) is 0 Å². The molecule has 1 saturated heterocycles. The molecule has 2 fully saturated rings. The highest BCUT2D eigenvalue weighted by molar-refractivity contribution is 5.83. The average Bonchev–Trinajstić information content (AvgIpc) is 3.25. The quantitative estimate of drug-likeness (QED) is 0.758. The summed E-state index contributed by atoms with van der Waals surface area (Å²) in [5.74, 6) is 2.28. The lowest BCUT2D eigenvalue weighted by Gasteiger charge is -2.38. The number of nitrogens with one attached hydrogen (secondary N) is 1. The number of piperidine rings is 1. The Morgan fingerprint density at radius 3 is 2.21 bits per heavy atom. The third-order valence-corrected chi connectivity index (χ3v) is 6.57. The fourth-order valence-corrected chi connectivity index (χ4v) is 4.43. The molecule has 1 aromatic rings. The van der Waals surface area contributed by atoms with Crippen molar-refractivity contribution in [3.8, 4) is 11.5 Å². The number of rotatable bonds is 7. The first-order valence-corrected chi connectivity index (χ1v) is 10.7. The maximum Gasteiger partial charge on any atom is 0.226 e. The SMILES string of the molecule is COc1cc(CNC(=O)C2(C)CCN(C(=O)CC3CCCC3)CC2)cc(OC)c1. The zero-order valence-electron chi connectivity index (χ0n) is 18.0. The van der Waals surface area contributed by atoms with Crippen LogP contribution in [-0.4, -0.2) is 44.0 Å². The van der Waals surface area contributed by atoms with Crippen LogP contribution >= 0.6 is 0 Å². The predicted molar refractivity (Wildman–Crippen MR) is 112 cm³/mol. The number of nitrogens with zero attached hydrogens (tertiary/aromatic N) is 1. The second-order valence-corrected chi connectivity index (χ2v) is 8.70. The second kappa shape index (κ2) is 9.51. The Kier molecular flexibility index (Phi) is 7.04. The molecule has 1 aliphatic carbocycles. The Hall–Kier alpha value is -2.24. The van der Waals surface area contributed by atoms with Crippen molar-refractivity contribution in [2.45, 2.75) is 58.4 Å². The van der Waals surface area contributed by atoms with Gasteiger partial charge in [-0.1, -0.05) is 19.8 Å². The van der Waals surface area contributed by atoms with E-state index in [4.69, 9.17) is 9.47 Å². The van der Waals surface area contributed by atoms with Crippen LogP contribution in [0.2, 0.25) is 0 Å². The zero-order chi connectivity index (χ0) is 20.9. The van der Waals surface area contributed by atoms with Gasteiger partial charge in [0.25, 0.3) is 0 Å². The van der Waals surface area contributed by atoms with E-state index < -0.39 is 5.41 Å². The molecule has 0 radical (unpaired) electrons. The van der Waals surface area contributed by atoms with Crippen molar-refractivity contribution < 1.29 is 19.1 Å². The summed E-state index contributed by atoms with van der Waals surface area (Å²) >= 11 is 0. The highest BCUT2D eigenvalue weighted by atomic mass is 16.5. The van der Waals surface area contributed by atoms with Crippen LogP contribution in [0, 0.1) is 11.3 Å². The summed E-state index contributed by atoms with van der Waals surface area (Å²) in [6.45, 7) is 3.77. The van der Waals surface area contributed by atoms with E-state index in [1.165, 1.54) is 25.7 Å². The summed E-state index contributed by atoms with van der Waals surface area (Å²) in [6.07, 6.45) is 6.99. The molecule has 0 bridgehead atoms. The van der Waals surface area contributed by atoms with Crippen LogP contribution in [0.1, 0.15) is 57.4 Å². The molecule has 2 amide bonds. The largest absolute Gasteiger partial charge is 0.497 e. The molecule has 6 nitrogen and oxygen atoms in total. The molecule has 2 aliphatic rings. The molecule has 1 aromatic carbocycles.